The second kappa shape index (κ2) is 11.8. The van der Waals surface area contributed by atoms with Gasteiger partial charge in [0.05, 0.1) is 29.3 Å². The van der Waals surface area contributed by atoms with Crippen LogP contribution in [-0.4, -0.2) is 85.2 Å². The number of carbonyl (C=O) groups is 2. The molecular weight excluding hydrogens is 477 g/mol. The number of nitrogens with zero attached hydrogens (tertiary/aromatic N) is 1. The lowest BCUT2D eigenvalue weighted by Gasteiger charge is -2.46. The lowest BCUT2D eigenvalue weighted by Crippen LogP contribution is -2.57. The van der Waals surface area contributed by atoms with Crippen LogP contribution >= 0.6 is 9.47 Å². The van der Waals surface area contributed by atoms with E-state index in [0.29, 0.717) is 11.3 Å². The number of carboxylic acid groups (broad SMARTS) is 1. The highest BCUT2D eigenvalue weighted by Crippen LogP contribution is 2.38. The van der Waals surface area contributed by atoms with E-state index in [9.17, 15) is 14.7 Å². The minimum atomic E-state index is -1.15. The first-order chi connectivity index (χ1) is 16.1. The van der Waals surface area contributed by atoms with E-state index in [0.717, 1.165) is 6.42 Å². The summed E-state index contributed by atoms with van der Waals surface area (Å²) in [5.74, 6) is -2.87. The Kier molecular flexibility index (Phi) is 10.1. The second-order valence-corrected chi connectivity index (χ2v) is 10.7. The molecule has 0 aromatic heterocycles. The van der Waals surface area contributed by atoms with Crippen molar-refractivity contribution in [3.8, 4) is 0 Å². The molecule has 1 saturated heterocycles. The smallest absolute Gasteiger partial charge is 0.340 e. The molecule has 10 nitrogen and oxygen atoms in total. The van der Waals surface area contributed by atoms with E-state index in [1.165, 1.54) is 7.11 Å². The van der Waals surface area contributed by atoms with Crippen molar-refractivity contribution in [2.75, 3.05) is 21.2 Å². The molecule has 2 aliphatic rings. The molecule has 0 saturated carbocycles. The summed E-state index contributed by atoms with van der Waals surface area (Å²) < 4.78 is 35.7. The topological polar surface area (TPSA) is 113 Å². The van der Waals surface area contributed by atoms with Crippen LogP contribution in [0.3, 0.4) is 0 Å². The van der Waals surface area contributed by atoms with Crippen LogP contribution in [0.15, 0.2) is 11.3 Å². The van der Waals surface area contributed by atoms with Gasteiger partial charge in [0.1, 0.15) is 11.9 Å². The molecule has 11 heteroatoms. The van der Waals surface area contributed by atoms with Crippen LogP contribution in [0.2, 0.25) is 0 Å². The third-order valence-corrected chi connectivity index (χ3v) is 7.10. The maximum Gasteiger partial charge on any atom is 0.340 e. The number of likely N-dealkylation sites (N-methyl/N-ethyl adjacent to an activating group) is 1. The van der Waals surface area contributed by atoms with Gasteiger partial charge in [-0.25, -0.2) is 4.79 Å². The fraction of sp³-hybridized carbons (Fsp3) is 0.833. The van der Waals surface area contributed by atoms with Crippen LogP contribution < -0.4 is 0 Å². The number of hydrogen-bond acceptors (Lipinski definition) is 9. The van der Waals surface area contributed by atoms with Crippen LogP contribution in [0.5, 0.6) is 0 Å². The van der Waals surface area contributed by atoms with Crippen molar-refractivity contribution < 1.29 is 42.9 Å². The van der Waals surface area contributed by atoms with Gasteiger partial charge in [-0.15, -0.1) is 0 Å². The number of rotatable bonds is 11. The van der Waals surface area contributed by atoms with E-state index in [-0.39, 0.29) is 25.0 Å². The molecular formula is C24H42NO9P. The summed E-state index contributed by atoms with van der Waals surface area (Å²) in [4.78, 5) is 26.2. The molecule has 0 aromatic carbocycles. The van der Waals surface area contributed by atoms with Gasteiger partial charge in [-0.2, -0.15) is 0 Å². The summed E-state index contributed by atoms with van der Waals surface area (Å²) in [6.07, 6.45) is -0.982. The molecule has 202 valence electrons. The zero-order valence-corrected chi connectivity index (χ0v) is 23.5. The Morgan fingerprint density at radius 1 is 1.34 bits per heavy atom. The number of aliphatic carboxylic acids is 1. The van der Waals surface area contributed by atoms with Gasteiger partial charge < -0.3 is 38.2 Å². The van der Waals surface area contributed by atoms with Crippen molar-refractivity contribution >= 4 is 21.4 Å². The van der Waals surface area contributed by atoms with Crippen molar-refractivity contribution in [2.24, 2.45) is 5.92 Å². The van der Waals surface area contributed by atoms with Gasteiger partial charge in [-0.3, -0.25) is 4.79 Å². The third kappa shape index (κ3) is 7.37. The molecule has 0 spiro atoms. The van der Waals surface area contributed by atoms with Crippen LogP contribution in [0.1, 0.15) is 60.8 Å². The summed E-state index contributed by atoms with van der Waals surface area (Å²) in [5.41, 5.74) is -0.728. The van der Waals surface area contributed by atoms with Crippen LogP contribution in [0.4, 0.5) is 0 Å². The van der Waals surface area contributed by atoms with Crippen molar-refractivity contribution in [1.29, 1.82) is 0 Å². The fourth-order valence-electron chi connectivity index (χ4n) is 4.57. The predicted molar refractivity (Wildman–Crippen MR) is 131 cm³/mol. The first-order valence-corrected chi connectivity index (χ1v) is 12.3. The Balaban J connectivity index is 2.47. The van der Waals surface area contributed by atoms with Crippen molar-refractivity contribution in [3.05, 3.63) is 11.3 Å². The molecule has 0 amide bonds. The van der Waals surface area contributed by atoms with E-state index < -0.39 is 47.7 Å². The predicted octanol–water partition coefficient (Wildman–Crippen LogP) is 3.10. The first-order valence-electron chi connectivity index (χ1n) is 11.9. The Bertz CT molecular complexity index is 802. The molecule has 2 aliphatic heterocycles. The maximum absolute atomic E-state index is 12.5. The molecule has 0 bridgehead atoms. The van der Waals surface area contributed by atoms with Gasteiger partial charge in [-0.05, 0) is 47.7 Å². The van der Waals surface area contributed by atoms with Gasteiger partial charge >= 0.3 is 11.9 Å². The number of esters is 1. The number of methoxy groups -OCH3 is 1. The minimum Gasteiger partial charge on any atom is -0.481 e. The summed E-state index contributed by atoms with van der Waals surface area (Å²) in [6, 6.07) is 0.0226. The number of carboxylic acids is 1. The summed E-state index contributed by atoms with van der Waals surface area (Å²) in [6.45, 7) is 10.3. The summed E-state index contributed by atoms with van der Waals surface area (Å²) in [5, 5.41) is 9.58. The fourth-order valence-corrected chi connectivity index (χ4v) is 4.88. The molecule has 0 aromatic rings. The normalized spacial score (nSPS) is 30.3. The molecule has 35 heavy (non-hydrogen) atoms. The largest absolute Gasteiger partial charge is 0.481 e. The van der Waals surface area contributed by atoms with Gasteiger partial charge in [0, 0.05) is 42.9 Å². The van der Waals surface area contributed by atoms with Crippen molar-refractivity contribution in [2.45, 2.75) is 103 Å². The van der Waals surface area contributed by atoms with E-state index in [4.69, 9.17) is 28.2 Å². The Hall–Kier alpha value is -1.29. The van der Waals surface area contributed by atoms with E-state index in [1.54, 1.807) is 34.6 Å². The standard InChI is InChI=1S/C24H42NO9P/c1-13(20(26)27)12-24(6,29-9)18(11-17-15(3)21(28)33-23(4,5)32-17)31-22-19(34-35)16(25(7)8)10-14(2)30-22/h13-14,16,18-19,22H,10-12,35H2,1-9H3,(H,26,27)/t13-,14-,16?,18-,19?,22+,24-/m1/s1. The van der Waals surface area contributed by atoms with Crippen LogP contribution in [-0.2, 0) is 37.8 Å². The highest BCUT2D eigenvalue weighted by atomic mass is 31.0. The Morgan fingerprint density at radius 3 is 2.49 bits per heavy atom. The number of carbonyl (C=O) groups excluding carboxylic acids is 1. The number of cyclic esters (lactones) is 1. The molecule has 0 radical (unpaired) electrons. The van der Waals surface area contributed by atoms with Gasteiger partial charge in [0.2, 0.25) is 5.79 Å². The van der Waals surface area contributed by atoms with Crippen molar-refractivity contribution in [3.63, 3.8) is 0 Å². The molecule has 2 heterocycles. The zero-order valence-electron chi connectivity index (χ0n) is 22.3. The lowest BCUT2D eigenvalue weighted by atomic mass is 9.85. The monoisotopic (exact) mass is 519 g/mol. The SMILES string of the molecule is CO[C@](C)(C[C@@H](C)C(=O)O)[C@@H](CC1=C(C)C(=O)OC(C)(C)O1)O[C@@H]1O[C@H](C)CC(N(C)C)C1OP. The third-order valence-electron chi connectivity index (χ3n) is 6.79. The highest BCUT2D eigenvalue weighted by Gasteiger charge is 2.47. The molecule has 0 aliphatic carbocycles. The molecule has 1 fully saturated rings. The Labute approximate surface area is 210 Å². The van der Waals surface area contributed by atoms with Gasteiger partial charge in [0.25, 0.3) is 0 Å². The molecule has 1 N–H and O–H groups in total. The van der Waals surface area contributed by atoms with Gasteiger partial charge in [-0.1, -0.05) is 6.92 Å². The first kappa shape index (κ1) is 29.9. The summed E-state index contributed by atoms with van der Waals surface area (Å²) in [7, 11) is 7.75. The maximum atomic E-state index is 12.5. The minimum absolute atomic E-state index is 0.0226. The molecule has 8 atom stereocenters. The van der Waals surface area contributed by atoms with Crippen molar-refractivity contribution in [1.82, 2.24) is 4.90 Å². The lowest BCUT2D eigenvalue weighted by molar-refractivity contribution is -0.285. The second-order valence-electron chi connectivity index (χ2n) is 10.4. The highest BCUT2D eigenvalue weighted by molar-refractivity contribution is 7.09. The average molecular weight is 520 g/mol. The summed E-state index contributed by atoms with van der Waals surface area (Å²) >= 11 is 0. The van der Waals surface area contributed by atoms with E-state index in [2.05, 4.69) is 14.4 Å². The van der Waals surface area contributed by atoms with Crippen LogP contribution in [0, 0.1) is 5.92 Å². The average Bonchev–Trinajstić information content (AvgIpc) is 2.75. The molecule has 2 rings (SSSR count). The van der Waals surface area contributed by atoms with Gasteiger partial charge in [0.15, 0.2) is 6.29 Å². The Morgan fingerprint density at radius 2 is 1.97 bits per heavy atom. The van der Waals surface area contributed by atoms with Crippen LogP contribution in [0.25, 0.3) is 0 Å². The van der Waals surface area contributed by atoms with E-state index >= 15 is 0 Å². The van der Waals surface area contributed by atoms with E-state index in [1.807, 2.05) is 21.0 Å². The zero-order chi connectivity index (χ0) is 26.7. The number of hydrogen-bond donors (Lipinski definition) is 1. The quantitative estimate of drug-likeness (QED) is 0.323. The molecule has 3 unspecified atom stereocenters. The number of ether oxygens (including phenoxy) is 5.